The first-order valence-electron chi connectivity index (χ1n) is 7.97. The number of benzene rings is 1. The van der Waals surface area contributed by atoms with E-state index in [2.05, 4.69) is 27.0 Å². The minimum atomic E-state index is 0.0276. The predicted molar refractivity (Wildman–Crippen MR) is 91.3 cm³/mol. The first-order valence-corrected chi connectivity index (χ1v) is 7.97. The van der Waals surface area contributed by atoms with Gasteiger partial charge >= 0.3 is 0 Å². The van der Waals surface area contributed by atoms with Crippen molar-refractivity contribution in [2.24, 2.45) is 0 Å². The van der Waals surface area contributed by atoms with Crippen molar-refractivity contribution in [3.05, 3.63) is 41.2 Å². The summed E-state index contributed by atoms with van der Waals surface area (Å²) in [4.78, 5) is 5.55. The molecule has 1 fully saturated rings. The highest BCUT2D eigenvalue weighted by molar-refractivity contribution is 5.70. The Labute approximate surface area is 141 Å². The number of rotatable bonds is 3. The maximum atomic E-state index is 10.1. The summed E-state index contributed by atoms with van der Waals surface area (Å²) < 4.78 is 6.00. The molecule has 2 heterocycles. The number of likely N-dealkylation sites (N-methyl/N-ethyl adjacent to an activating group) is 1. The molecule has 0 aliphatic carbocycles. The minimum Gasteiger partial charge on any atom is -0.509 e. The normalized spacial score (nSPS) is 18.1. The van der Waals surface area contributed by atoms with Crippen LogP contribution < -0.4 is 4.74 Å². The van der Waals surface area contributed by atoms with E-state index in [-0.39, 0.29) is 11.9 Å². The number of piperidine rings is 1. The van der Waals surface area contributed by atoms with Crippen LogP contribution in [0.25, 0.3) is 16.1 Å². The molecule has 0 spiro atoms. The Bertz CT molecular complexity index is 785. The fourth-order valence-corrected chi connectivity index (χ4v) is 2.90. The van der Waals surface area contributed by atoms with E-state index < -0.39 is 0 Å². The quantitative estimate of drug-likeness (QED) is 0.879. The van der Waals surface area contributed by atoms with Crippen LogP contribution >= 0.6 is 0 Å². The summed E-state index contributed by atoms with van der Waals surface area (Å²) in [6.07, 6.45) is 2.27. The monoisotopic (exact) mass is 324 g/mol. The highest BCUT2D eigenvalue weighted by Gasteiger charge is 2.20. The molecule has 6 nitrogen and oxygen atoms in total. The van der Waals surface area contributed by atoms with Crippen LogP contribution in [0.1, 0.15) is 18.4 Å². The number of aromatic nitrogens is 2. The van der Waals surface area contributed by atoms with Crippen molar-refractivity contribution in [1.82, 2.24) is 15.1 Å². The number of aryl methyl sites for hydroxylation is 1. The van der Waals surface area contributed by atoms with E-state index >= 15 is 0 Å². The van der Waals surface area contributed by atoms with Gasteiger partial charge in [-0.3, -0.25) is 0 Å². The molecule has 1 atom stereocenters. The fourth-order valence-electron chi connectivity index (χ4n) is 2.90. The van der Waals surface area contributed by atoms with Crippen LogP contribution in [0.4, 0.5) is 5.69 Å². The Morgan fingerprint density at radius 3 is 2.83 bits per heavy atom. The van der Waals surface area contributed by atoms with Gasteiger partial charge in [0.2, 0.25) is 5.88 Å². The zero-order valence-corrected chi connectivity index (χ0v) is 13.9. The van der Waals surface area contributed by atoms with E-state index in [1.165, 1.54) is 6.07 Å². The molecule has 6 heteroatoms. The highest BCUT2D eigenvalue weighted by atomic mass is 16.5. The molecule has 0 radical (unpaired) electrons. The van der Waals surface area contributed by atoms with Crippen LogP contribution in [-0.4, -0.2) is 46.4 Å². The number of phenolic OH excluding ortho intramolecular Hbond substituents is 1. The first-order chi connectivity index (χ1) is 11.6. The van der Waals surface area contributed by atoms with E-state index in [0.29, 0.717) is 22.8 Å². The van der Waals surface area contributed by atoms with Crippen LogP contribution in [0, 0.1) is 13.5 Å². The van der Waals surface area contributed by atoms with Crippen molar-refractivity contribution in [1.29, 1.82) is 0 Å². The number of aromatic hydroxyl groups is 1. The summed E-state index contributed by atoms with van der Waals surface area (Å²) >= 11 is 0. The summed E-state index contributed by atoms with van der Waals surface area (Å²) in [5, 5.41) is 18.5. The molecule has 3 rings (SSSR count). The molecule has 0 bridgehead atoms. The van der Waals surface area contributed by atoms with E-state index in [4.69, 9.17) is 11.3 Å². The lowest BCUT2D eigenvalue weighted by Crippen LogP contribution is -2.38. The van der Waals surface area contributed by atoms with E-state index in [9.17, 15) is 5.11 Å². The molecule has 0 saturated carbocycles. The van der Waals surface area contributed by atoms with Crippen LogP contribution in [-0.2, 0) is 0 Å². The van der Waals surface area contributed by atoms with Gasteiger partial charge < -0.3 is 14.7 Å². The van der Waals surface area contributed by atoms with Crippen molar-refractivity contribution < 1.29 is 9.84 Å². The number of likely N-dealkylation sites (tertiary alicyclic amines) is 1. The third-order valence-corrected chi connectivity index (χ3v) is 4.19. The first kappa shape index (κ1) is 16.2. The molecule has 1 N–H and O–H groups in total. The van der Waals surface area contributed by atoms with Gasteiger partial charge in [-0.15, -0.1) is 10.2 Å². The van der Waals surface area contributed by atoms with Crippen molar-refractivity contribution in [2.75, 3.05) is 20.1 Å². The van der Waals surface area contributed by atoms with Gasteiger partial charge in [0.1, 0.15) is 11.9 Å². The minimum absolute atomic E-state index is 0.0276. The third kappa shape index (κ3) is 3.47. The lowest BCUT2D eigenvalue weighted by molar-refractivity contribution is 0.0984. The SMILES string of the molecule is [C-]#[N+]c1ccc(-c2cc(C)c(O[C@@H]3CCCN(C)C3)nn2)c(O)c1. The van der Waals surface area contributed by atoms with Gasteiger partial charge in [-0.25, -0.2) is 4.85 Å². The number of hydrogen-bond donors (Lipinski definition) is 1. The summed E-state index contributed by atoms with van der Waals surface area (Å²) in [5.41, 5.74) is 2.39. The van der Waals surface area contributed by atoms with Crippen molar-refractivity contribution in [2.45, 2.75) is 25.9 Å². The highest BCUT2D eigenvalue weighted by Crippen LogP contribution is 2.32. The molecule has 1 aliphatic heterocycles. The summed E-state index contributed by atoms with van der Waals surface area (Å²) in [5.74, 6) is 0.566. The average Bonchev–Trinajstić information content (AvgIpc) is 2.57. The van der Waals surface area contributed by atoms with E-state index in [1.54, 1.807) is 12.1 Å². The van der Waals surface area contributed by atoms with E-state index in [1.807, 2.05) is 13.0 Å². The molecular weight excluding hydrogens is 304 g/mol. The Balaban J connectivity index is 1.81. The number of hydrogen-bond acceptors (Lipinski definition) is 5. The zero-order valence-electron chi connectivity index (χ0n) is 13.9. The van der Waals surface area contributed by atoms with Gasteiger partial charge in [-0.05, 0) is 45.5 Å². The Morgan fingerprint density at radius 1 is 1.33 bits per heavy atom. The van der Waals surface area contributed by atoms with Gasteiger partial charge in [0.15, 0.2) is 5.69 Å². The molecule has 2 aromatic rings. The van der Waals surface area contributed by atoms with Gasteiger partial charge in [0.25, 0.3) is 0 Å². The van der Waals surface area contributed by atoms with Gasteiger partial charge in [0.05, 0.1) is 12.3 Å². The number of phenols is 1. The molecular formula is C18H20N4O2. The van der Waals surface area contributed by atoms with Gasteiger partial charge in [-0.2, -0.15) is 0 Å². The molecule has 0 amide bonds. The van der Waals surface area contributed by atoms with Gasteiger partial charge in [-0.1, -0.05) is 12.1 Å². The van der Waals surface area contributed by atoms with Gasteiger partial charge in [0, 0.05) is 17.7 Å². The second-order valence-corrected chi connectivity index (χ2v) is 6.18. The number of ether oxygens (including phenoxy) is 1. The van der Waals surface area contributed by atoms with Crippen LogP contribution in [0.3, 0.4) is 0 Å². The Hall–Kier alpha value is -2.65. The molecule has 1 saturated heterocycles. The molecule has 24 heavy (non-hydrogen) atoms. The third-order valence-electron chi connectivity index (χ3n) is 4.19. The predicted octanol–water partition coefficient (Wildman–Crippen LogP) is 3.18. The lowest BCUT2D eigenvalue weighted by Gasteiger charge is -2.29. The second-order valence-electron chi connectivity index (χ2n) is 6.18. The Kier molecular flexibility index (Phi) is 4.63. The maximum absolute atomic E-state index is 10.1. The molecule has 1 aromatic heterocycles. The molecule has 1 aliphatic rings. The van der Waals surface area contributed by atoms with E-state index in [0.717, 1.165) is 31.5 Å². The largest absolute Gasteiger partial charge is 0.509 e. The second kappa shape index (κ2) is 6.85. The fraction of sp³-hybridized carbons (Fsp3) is 0.389. The van der Waals surface area contributed by atoms with Crippen molar-refractivity contribution >= 4 is 5.69 Å². The smallest absolute Gasteiger partial charge is 0.236 e. The summed E-state index contributed by atoms with van der Waals surface area (Å²) in [7, 11) is 2.09. The topological polar surface area (TPSA) is 62.8 Å². The van der Waals surface area contributed by atoms with Crippen molar-refractivity contribution in [3.8, 4) is 22.9 Å². The van der Waals surface area contributed by atoms with Crippen LogP contribution in [0.15, 0.2) is 24.3 Å². The molecule has 1 aromatic carbocycles. The number of nitrogens with zero attached hydrogens (tertiary/aromatic N) is 4. The molecule has 0 unspecified atom stereocenters. The van der Waals surface area contributed by atoms with Crippen molar-refractivity contribution in [3.63, 3.8) is 0 Å². The average molecular weight is 324 g/mol. The summed E-state index contributed by atoms with van der Waals surface area (Å²) in [6, 6.07) is 6.62. The maximum Gasteiger partial charge on any atom is 0.236 e. The molecule has 124 valence electrons. The Morgan fingerprint density at radius 2 is 2.17 bits per heavy atom. The lowest BCUT2D eigenvalue weighted by atomic mass is 10.1. The summed E-state index contributed by atoms with van der Waals surface area (Å²) in [6.45, 7) is 10.9. The standard InChI is InChI=1S/C18H20N4O2/c1-12-9-16(15-7-6-13(19-2)10-17(15)23)20-21-18(12)24-14-5-4-8-22(3)11-14/h6-7,9-10,14,23H,4-5,8,11H2,1,3H3/t14-/m1/s1. The van der Waals surface area contributed by atoms with Crippen LogP contribution in [0.5, 0.6) is 11.6 Å². The zero-order chi connectivity index (χ0) is 17.1. The van der Waals surface area contributed by atoms with Crippen LogP contribution in [0.2, 0.25) is 0 Å².